The summed E-state index contributed by atoms with van der Waals surface area (Å²) in [7, 11) is -1.70. The summed E-state index contributed by atoms with van der Waals surface area (Å²) in [6.45, 7) is 4.57. The van der Waals surface area contributed by atoms with E-state index in [2.05, 4.69) is 4.72 Å². The Morgan fingerprint density at radius 1 is 1.15 bits per heavy atom. The second-order valence-corrected chi connectivity index (χ2v) is 8.24. The number of sulfonamides is 1. The van der Waals surface area contributed by atoms with Crippen molar-refractivity contribution in [1.29, 1.82) is 0 Å². The molecule has 0 fully saturated rings. The quantitative estimate of drug-likeness (QED) is 0.713. The topological polar surface area (TPSA) is 75.7 Å². The third kappa shape index (κ3) is 6.60. The van der Waals surface area contributed by atoms with Crippen LogP contribution in [0.1, 0.15) is 29.3 Å². The van der Waals surface area contributed by atoms with Crippen LogP contribution >= 0.6 is 0 Å². The molecule has 0 atom stereocenters. The van der Waals surface area contributed by atoms with Gasteiger partial charge in [-0.3, -0.25) is 9.52 Å². The lowest BCUT2D eigenvalue weighted by atomic mass is 10.2. The molecule has 0 aliphatic carbocycles. The number of benzene rings is 2. The predicted molar refractivity (Wildman–Crippen MR) is 108 cm³/mol. The monoisotopic (exact) mass is 390 g/mol. The molecule has 0 radical (unpaired) electrons. The molecule has 0 bridgehead atoms. The number of hydrogen-bond acceptors (Lipinski definition) is 4. The van der Waals surface area contributed by atoms with Crippen molar-refractivity contribution in [3.8, 4) is 5.75 Å². The normalized spacial score (nSPS) is 11.1. The number of carbonyl (C=O) groups excluding carboxylic acids is 1. The summed E-state index contributed by atoms with van der Waals surface area (Å²) in [5.41, 5.74) is 1.92. The van der Waals surface area contributed by atoms with E-state index in [-0.39, 0.29) is 11.7 Å². The van der Waals surface area contributed by atoms with E-state index in [4.69, 9.17) is 4.74 Å². The van der Waals surface area contributed by atoms with Crippen LogP contribution in [0.4, 0.5) is 5.69 Å². The van der Waals surface area contributed by atoms with E-state index < -0.39 is 10.0 Å². The highest BCUT2D eigenvalue weighted by molar-refractivity contribution is 7.92. The SMILES string of the molecule is CCCS(=O)(=O)Nc1cccc(C(=O)N(C)CCOc2cccc(C)c2)c1. The van der Waals surface area contributed by atoms with Crippen molar-refractivity contribution in [3.63, 3.8) is 0 Å². The Morgan fingerprint density at radius 2 is 1.89 bits per heavy atom. The van der Waals surface area contributed by atoms with E-state index in [9.17, 15) is 13.2 Å². The summed E-state index contributed by atoms with van der Waals surface area (Å²) in [4.78, 5) is 14.1. The van der Waals surface area contributed by atoms with Gasteiger partial charge in [0.1, 0.15) is 12.4 Å². The number of rotatable bonds is 9. The number of carbonyl (C=O) groups is 1. The Hall–Kier alpha value is -2.54. The van der Waals surface area contributed by atoms with Gasteiger partial charge in [0.05, 0.1) is 12.3 Å². The molecular weight excluding hydrogens is 364 g/mol. The first-order valence-corrected chi connectivity index (χ1v) is 10.5. The lowest BCUT2D eigenvalue weighted by molar-refractivity contribution is 0.0774. The van der Waals surface area contributed by atoms with E-state index in [1.165, 1.54) is 0 Å². The minimum atomic E-state index is -3.39. The molecule has 2 aromatic carbocycles. The summed E-state index contributed by atoms with van der Waals surface area (Å²) in [5, 5.41) is 0. The van der Waals surface area contributed by atoms with Crippen molar-refractivity contribution in [3.05, 3.63) is 59.7 Å². The largest absolute Gasteiger partial charge is 0.492 e. The summed E-state index contributed by atoms with van der Waals surface area (Å²) < 4.78 is 32.0. The summed E-state index contributed by atoms with van der Waals surface area (Å²) >= 11 is 0. The molecule has 7 heteroatoms. The number of aryl methyl sites for hydroxylation is 1. The Kier molecular flexibility index (Phi) is 7.24. The van der Waals surface area contributed by atoms with Gasteiger partial charge in [0.15, 0.2) is 0 Å². The third-order valence-corrected chi connectivity index (χ3v) is 5.38. The molecule has 0 saturated carbocycles. The van der Waals surface area contributed by atoms with Crippen molar-refractivity contribution < 1.29 is 17.9 Å². The molecule has 0 heterocycles. The lowest BCUT2D eigenvalue weighted by Crippen LogP contribution is -2.31. The second kappa shape index (κ2) is 9.41. The fourth-order valence-electron chi connectivity index (χ4n) is 2.54. The van der Waals surface area contributed by atoms with Gasteiger partial charge < -0.3 is 9.64 Å². The molecule has 0 unspecified atom stereocenters. The molecule has 0 aromatic heterocycles. The fourth-order valence-corrected chi connectivity index (χ4v) is 3.67. The van der Waals surface area contributed by atoms with Gasteiger partial charge in [-0.15, -0.1) is 0 Å². The zero-order valence-corrected chi connectivity index (χ0v) is 16.8. The average molecular weight is 391 g/mol. The van der Waals surface area contributed by atoms with Crippen LogP contribution in [0.25, 0.3) is 0 Å². The maximum atomic E-state index is 12.6. The number of hydrogen-bond donors (Lipinski definition) is 1. The summed E-state index contributed by atoms with van der Waals surface area (Å²) in [5.74, 6) is 0.615. The number of anilines is 1. The minimum Gasteiger partial charge on any atom is -0.492 e. The van der Waals surface area contributed by atoms with Crippen LogP contribution in [0.15, 0.2) is 48.5 Å². The van der Waals surface area contributed by atoms with Crippen LogP contribution < -0.4 is 9.46 Å². The second-order valence-electron chi connectivity index (χ2n) is 6.39. The van der Waals surface area contributed by atoms with Crippen LogP contribution in [-0.2, 0) is 10.0 Å². The first-order valence-electron chi connectivity index (χ1n) is 8.86. The molecule has 2 rings (SSSR count). The number of nitrogens with one attached hydrogen (secondary N) is 1. The van der Waals surface area contributed by atoms with Gasteiger partial charge in [-0.1, -0.05) is 25.1 Å². The van der Waals surface area contributed by atoms with Crippen LogP contribution in [0.5, 0.6) is 5.75 Å². The van der Waals surface area contributed by atoms with Gasteiger partial charge in [0.25, 0.3) is 5.91 Å². The van der Waals surface area contributed by atoms with Crippen LogP contribution in [0, 0.1) is 6.92 Å². The number of ether oxygens (including phenoxy) is 1. The molecule has 27 heavy (non-hydrogen) atoms. The maximum absolute atomic E-state index is 12.6. The van der Waals surface area contributed by atoms with Gasteiger partial charge in [-0.25, -0.2) is 8.42 Å². The van der Waals surface area contributed by atoms with Gasteiger partial charge >= 0.3 is 0 Å². The highest BCUT2D eigenvalue weighted by Crippen LogP contribution is 2.15. The minimum absolute atomic E-state index is 0.0430. The van der Waals surface area contributed by atoms with Crippen molar-refractivity contribution in [2.75, 3.05) is 30.7 Å². The van der Waals surface area contributed by atoms with Gasteiger partial charge in [-0.05, 0) is 49.2 Å². The van der Waals surface area contributed by atoms with Crippen LogP contribution in [-0.4, -0.2) is 45.2 Å². The third-order valence-electron chi connectivity index (χ3n) is 3.89. The molecule has 2 aromatic rings. The van der Waals surface area contributed by atoms with E-state index >= 15 is 0 Å². The predicted octanol–water partition coefficient (Wildman–Crippen LogP) is 3.30. The lowest BCUT2D eigenvalue weighted by Gasteiger charge is -2.18. The van der Waals surface area contributed by atoms with E-state index in [0.717, 1.165) is 11.3 Å². The smallest absolute Gasteiger partial charge is 0.253 e. The molecule has 0 spiro atoms. The first kappa shape index (κ1) is 20.8. The summed E-state index contributed by atoms with van der Waals surface area (Å²) in [6, 6.07) is 14.2. The number of amides is 1. The van der Waals surface area contributed by atoms with Crippen LogP contribution in [0.2, 0.25) is 0 Å². The standard InChI is InChI=1S/C20H26N2O4S/c1-4-13-27(24,25)21-18-9-6-8-17(15-18)20(23)22(3)11-12-26-19-10-5-7-16(2)14-19/h5-10,14-15,21H,4,11-13H2,1-3H3. The van der Waals surface area contributed by atoms with E-state index in [1.807, 2.05) is 31.2 Å². The molecule has 0 aliphatic rings. The van der Waals surface area contributed by atoms with Crippen molar-refractivity contribution in [1.82, 2.24) is 4.90 Å². The zero-order chi connectivity index (χ0) is 19.9. The van der Waals surface area contributed by atoms with Crippen LogP contribution in [0.3, 0.4) is 0 Å². The highest BCUT2D eigenvalue weighted by atomic mass is 32.2. The van der Waals surface area contributed by atoms with E-state index in [1.54, 1.807) is 43.1 Å². The molecule has 1 amide bonds. The molecule has 1 N–H and O–H groups in total. The fraction of sp³-hybridized carbons (Fsp3) is 0.350. The van der Waals surface area contributed by atoms with Gasteiger partial charge in [0, 0.05) is 18.3 Å². The molecule has 6 nitrogen and oxygen atoms in total. The van der Waals surface area contributed by atoms with Gasteiger partial charge in [-0.2, -0.15) is 0 Å². The Labute approximate surface area is 161 Å². The number of likely N-dealkylation sites (N-methyl/N-ethyl adjacent to an activating group) is 1. The summed E-state index contributed by atoms with van der Waals surface area (Å²) in [6.07, 6.45) is 0.525. The Balaban J connectivity index is 1.95. The first-order chi connectivity index (χ1) is 12.8. The Bertz CT molecular complexity index is 881. The molecule has 146 valence electrons. The Morgan fingerprint density at radius 3 is 2.59 bits per heavy atom. The molecule has 0 aliphatic heterocycles. The average Bonchev–Trinajstić information content (AvgIpc) is 2.60. The molecular formula is C20H26N2O4S. The maximum Gasteiger partial charge on any atom is 0.253 e. The molecule has 0 saturated heterocycles. The van der Waals surface area contributed by atoms with Crippen molar-refractivity contribution in [2.45, 2.75) is 20.3 Å². The van der Waals surface area contributed by atoms with Crippen molar-refractivity contribution in [2.24, 2.45) is 0 Å². The van der Waals surface area contributed by atoms with Crippen molar-refractivity contribution >= 4 is 21.6 Å². The van der Waals surface area contributed by atoms with Gasteiger partial charge in [0.2, 0.25) is 10.0 Å². The highest BCUT2D eigenvalue weighted by Gasteiger charge is 2.14. The van der Waals surface area contributed by atoms with E-state index in [0.29, 0.717) is 30.8 Å². The number of nitrogens with zero attached hydrogens (tertiary/aromatic N) is 1. The zero-order valence-electron chi connectivity index (χ0n) is 15.9.